The summed E-state index contributed by atoms with van der Waals surface area (Å²) in [5.74, 6) is 0.970. The molecule has 0 radical (unpaired) electrons. The van der Waals surface area contributed by atoms with Crippen molar-refractivity contribution in [3.8, 4) is 0 Å². The number of carbonyl (C=O) groups excluding carboxylic acids is 1. The highest BCUT2D eigenvalue weighted by Crippen LogP contribution is 2.38. The average Bonchev–Trinajstić information content (AvgIpc) is 2.55. The van der Waals surface area contributed by atoms with E-state index >= 15 is 0 Å². The van der Waals surface area contributed by atoms with E-state index in [0.717, 1.165) is 25.9 Å². The summed E-state index contributed by atoms with van der Waals surface area (Å²) in [5, 5.41) is 3.00. The Bertz CT molecular complexity index is 351. The number of hydrogen-bond donors (Lipinski definition) is 1. The van der Waals surface area contributed by atoms with Crippen LogP contribution in [0.2, 0.25) is 0 Å². The van der Waals surface area contributed by atoms with E-state index in [4.69, 9.17) is 4.74 Å². The van der Waals surface area contributed by atoms with Gasteiger partial charge in [0.2, 0.25) is 5.91 Å². The highest BCUT2D eigenvalue weighted by atomic mass is 16.5. The molecule has 0 aromatic heterocycles. The van der Waals surface area contributed by atoms with Crippen LogP contribution in [0.3, 0.4) is 0 Å². The molecule has 4 nitrogen and oxygen atoms in total. The number of piperidine rings is 1. The molecule has 1 amide bonds. The van der Waals surface area contributed by atoms with E-state index in [-0.39, 0.29) is 18.0 Å². The summed E-state index contributed by atoms with van der Waals surface area (Å²) in [5.41, 5.74) is 0. The van der Waals surface area contributed by atoms with Crippen LogP contribution in [-0.2, 0) is 9.53 Å². The van der Waals surface area contributed by atoms with Crippen molar-refractivity contribution in [1.82, 2.24) is 5.32 Å². The van der Waals surface area contributed by atoms with E-state index in [1.165, 1.54) is 0 Å². The van der Waals surface area contributed by atoms with E-state index in [2.05, 4.69) is 10.3 Å². The first-order chi connectivity index (χ1) is 7.86. The van der Waals surface area contributed by atoms with Gasteiger partial charge in [-0.2, -0.15) is 0 Å². The SMILES string of the molecule is O=C1NC2N=CCCC2C2CCOC=CC12. The van der Waals surface area contributed by atoms with Crippen LogP contribution in [-0.4, -0.2) is 24.9 Å². The van der Waals surface area contributed by atoms with Gasteiger partial charge in [-0.3, -0.25) is 9.79 Å². The predicted octanol–water partition coefficient (Wildman–Crippen LogP) is 1.09. The van der Waals surface area contributed by atoms with Crippen LogP contribution >= 0.6 is 0 Å². The van der Waals surface area contributed by atoms with Gasteiger partial charge in [0.1, 0.15) is 6.17 Å². The molecule has 3 rings (SSSR count). The number of nitrogens with one attached hydrogen (secondary N) is 1. The van der Waals surface area contributed by atoms with Gasteiger partial charge in [-0.25, -0.2) is 0 Å². The second kappa shape index (κ2) is 3.92. The zero-order valence-electron chi connectivity index (χ0n) is 9.13. The van der Waals surface area contributed by atoms with Crippen LogP contribution in [0.5, 0.6) is 0 Å². The minimum atomic E-state index is -0.0166. The number of nitrogens with zero attached hydrogens (tertiary/aromatic N) is 1. The number of rotatable bonds is 0. The topological polar surface area (TPSA) is 50.7 Å². The molecule has 0 bridgehead atoms. The predicted molar refractivity (Wildman–Crippen MR) is 59.8 cm³/mol. The van der Waals surface area contributed by atoms with Crippen LogP contribution in [0.4, 0.5) is 0 Å². The third kappa shape index (κ3) is 1.52. The van der Waals surface area contributed by atoms with Gasteiger partial charge in [-0.1, -0.05) is 0 Å². The number of amides is 1. The Morgan fingerprint density at radius 2 is 2.31 bits per heavy atom. The lowest BCUT2D eigenvalue weighted by molar-refractivity contribution is -0.130. The molecule has 3 aliphatic rings. The van der Waals surface area contributed by atoms with Crippen molar-refractivity contribution in [3.05, 3.63) is 12.3 Å². The smallest absolute Gasteiger partial charge is 0.228 e. The summed E-state index contributed by atoms with van der Waals surface area (Å²) in [6.07, 6.45) is 8.65. The van der Waals surface area contributed by atoms with Gasteiger partial charge in [-0.05, 0) is 31.3 Å². The van der Waals surface area contributed by atoms with E-state index in [1.54, 1.807) is 6.26 Å². The summed E-state index contributed by atoms with van der Waals surface area (Å²) in [6, 6.07) is 0. The Balaban J connectivity index is 1.90. The summed E-state index contributed by atoms with van der Waals surface area (Å²) in [6.45, 7) is 0.720. The first-order valence-electron chi connectivity index (χ1n) is 5.96. The summed E-state index contributed by atoms with van der Waals surface area (Å²) in [7, 11) is 0. The van der Waals surface area contributed by atoms with Crippen LogP contribution in [0, 0.1) is 17.8 Å². The van der Waals surface area contributed by atoms with Crippen LogP contribution in [0.15, 0.2) is 17.3 Å². The van der Waals surface area contributed by atoms with Gasteiger partial charge in [0.15, 0.2) is 0 Å². The number of hydrogen-bond acceptors (Lipinski definition) is 3. The van der Waals surface area contributed by atoms with Gasteiger partial charge in [-0.15, -0.1) is 0 Å². The maximum Gasteiger partial charge on any atom is 0.228 e. The maximum absolute atomic E-state index is 11.9. The molecule has 4 atom stereocenters. The average molecular weight is 220 g/mol. The molecule has 16 heavy (non-hydrogen) atoms. The van der Waals surface area contributed by atoms with Crippen LogP contribution in [0.1, 0.15) is 19.3 Å². The van der Waals surface area contributed by atoms with Gasteiger partial charge < -0.3 is 10.1 Å². The Labute approximate surface area is 94.8 Å². The molecule has 0 aromatic carbocycles. The lowest BCUT2D eigenvalue weighted by Gasteiger charge is -2.41. The molecule has 0 saturated carbocycles. The Morgan fingerprint density at radius 1 is 1.38 bits per heavy atom. The lowest BCUT2D eigenvalue weighted by Crippen LogP contribution is -2.54. The molecule has 1 N–H and O–H groups in total. The van der Waals surface area contributed by atoms with E-state index in [9.17, 15) is 4.79 Å². The van der Waals surface area contributed by atoms with E-state index < -0.39 is 0 Å². The van der Waals surface area contributed by atoms with Crippen molar-refractivity contribution in [3.63, 3.8) is 0 Å². The highest BCUT2D eigenvalue weighted by Gasteiger charge is 2.43. The molecule has 4 unspecified atom stereocenters. The largest absolute Gasteiger partial charge is 0.501 e. The fourth-order valence-electron chi connectivity index (χ4n) is 3.05. The molecule has 0 aliphatic carbocycles. The third-order valence-corrected chi connectivity index (χ3v) is 3.86. The highest BCUT2D eigenvalue weighted by molar-refractivity contribution is 5.82. The number of aliphatic imine (C=N–C) groups is 1. The number of fused-ring (bicyclic) bond motifs is 3. The molecule has 4 heteroatoms. The minimum absolute atomic E-state index is 0.00833. The molecule has 3 aliphatic heterocycles. The first-order valence-corrected chi connectivity index (χ1v) is 5.96. The van der Waals surface area contributed by atoms with Crippen LogP contribution < -0.4 is 5.32 Å². The Morgan fingerprint density at radius 3 is 3.25 bits per heavy atom. The van der Waals surface area contributed by atoms with Gasteiger partial charge in [0.05, 0.1) is 18.8 Å². The van der Waals surface area contributed by atoms with Gasteiger partial charge >= 0.3 is 0 Å². The fraction of sp³-hybridized carbons (Fsp3) is 0.667. The fourth-order valence-corrected chi connectivity index (χ4v) is 3.05. The van der Waals surface area contributed by atoms with Crippen molar-refractivity contribution in [2.45, 2.75) is 25.4 Å². The van der Waals surface area contributed by atoms with Crippen molar-refractivity contribution in [2.24, 2.45) is 22.7 Å². The second-order valence-electron chi connectivity index (χ2n) is 4.70. The molecular weight excluding hydrogens is 204 g/mol. The third-order valence-electron chi connectivity index (χ3n) is 3.86. The van der Waals surface area contributed by atoms with E-state index in [0.29, 0.717) is 11.8 Å². The van der Waals surface area contributed by atoms with Crippen LogP contribution in [0.25, 0.3) is 0 Å². The van der Waals surface area contributed by atoms with E-state index in [1.807, 2.05) is 12.3 Å². The Kier molecular flexibility index (Phi) is 2.42. The molecule has 1 saturated heterocycles. The molecule has 86 valence electrons. The molecule has 0 aromatic rings. The van der Waals surface area contributed by atoms with Crippen molar-refractivity contribution >= 4 is 12.1 Å². The van der Waals surface area contributed by atoms with Crippen molar-refractivity contribution < 1.29 is 9.53 Å². The summed E-state index contributed by atoms with van der Waals surface area (Å²) >= 11 is 0. The number of carbonyl (C=O) groups is 1. The molecular formula is C12H16N2O2. The van der Waals surface area contributed by atoms with Gasteiger partial charge in [0.25, 0.3) is 0 Å². The monoisotopic (exact) mass is 220 g/mol. The van der Waals surface area contributed by atoms with Crippen molar-refractivity contribution in [1.29, 1.82) is 0 Å². The van der Waals surface area contributed by atoms with Gasteiger partial charge in [0, 0.05) is 12.1 Å². The summed E-state index contributed by atoms with van der Waals surface area (Å²) < 4.78 is 5.32. The zero-order chi connectivity index (χ0) is 11.0. The first kappa shape index (κ1) is 9.87. The standard InChI is InChI=1S/C12H16N2O2/c15-12-10-4-7-16-6-3-8(10)9-2-1-5-13-11(9)14-12/h4-5,7-11H,1-3,6H2,(H,14,15). The Hall–Kier alpha value is -1.32. The quantitative estimate of drug-likeness (QED) is 0.664. The van der Waals surface area contributed by atoms with Crippen molar-refractivity contribution in [2.75, 3.05) is 6.61 Å². The summed E-state index contributed by atoms with van der Waals surface area (Å²) in [4.78, 5) is 16.3. The maximum atomic E-state index is 11.9. The normalized spacial score (nSPS) is 41.4. The molecule has 3 heterocycles. The lowest BCUT2D eigenvalue weighted by atomic mass is 9.72. The number of ether oxygens (including phenoxy) is 1. The molecule has 0 spiro atoms. The molecule has 1 fully saturated rings. The minimum Gasteiger partial charge on any atom is -0.501 e. The zero-order valence-corrected chi connectivity index (χ0v) is 9.13. The second-order valence-corrected chi connectivity index (χ2v) is 4.70.